The van der Waals surface area contributed by atoms with Crippen LogP contribution in [0.3, 0.4) is 0 Å². The van der Waals surface area contributed by atoms with E-state index in [1.54, 1.807) is 14.2 Å². The molecule has 7 nitrogen and oxygen atoms in total. The molecule has 3 rings (SSSR count). The minimum absolute atomic E-state index is 0.299. The number of rotatable bonds is 8. The number of anilines is 1. The number of nitrogens with two attached hydrogens (primary N) is 1. The van der Waals surface area contributed by atoms with E-state index in [1.807, 2.05) is 18.2 Å². The van der Waals surface area contributed by atoms with Gasteiger partial charge in [-0.3, -0.25) is 0 Å². The highest BCUT2D eigenvalue weighted by molar-refractivity contribution is 5.77. The first-order valence-corrected chi connectivity index (χ1v) is 10.3. The molecule has 0 aromatic heterocycles. The largest absolute Gasteiger partial charge is 0.493 e. The summed E-state index contributed by atoms with van der Waals surface area (Å²) in [6, 6.07) is 14.2. The predicted molar refractivity (Wildman–Crippen MR) is 120 cm³/mol. The lowest BCUT2D eigenvalue weighted by atomic mass is 9.97. The van der Waals surface area contributed by atoms with Gasteiger partial charge in [0, 0.05) is 31.9 Å². The van der Waals surface area contributed by atoms with Gasteiger partial charge in [-0.2, -0.15) is 0 Å². The molecule has 1 aliphatic rings. The molecule has 1 saturated heterocycles. The number of aliphatic imine (C=N–C) groups is 1. The number of methoxy groups -OCH3 is 2. The Labute approximate surface area is 178 Å². The van der Waals surface area contributed by atoms with Gasteiger partial charge >= 0.3 is 0 Å². The lowest BCUT2D eigenvalue weighted by molar-refractivity contribution is 0.203. The highest BCUT2D eigenvalue weighted by atomic mass is 16.5. The fraction of sp³-hybridized carbons (Fsp3) is 0.435. The summed E-state index contributed by atoms with van der Waals surface area (Å²) in [6.07, 6.45) is 2.10. The Morgan fingerprint density at radius 3 is 2.37 bits per heavy atom. The fourth-order valence-electron chi connectivity index (χ4n) is 3.60. The summed E-state index contributed by atoms with van der Waals surface area (Å²) in [5, 5.41) is 12.4. The van der Waals surface area contributed by atoms with Crippen LogP contribution in [0.25, 0.3) is 0 Å². The lowest BCUT2D eigenvalue weighted by Gasteiger charge is -2.33. The van der Waals surface area contributed by atoms with Gasteiger partial charge in [0.05, 0.1) is 20.8 Å². The number of hydrogen-bond donors (Lipinski definition) is 3. The molecule has 1 fully saturated rings. The number of guanidine groups is 1. The van der Waals surface area contributed by atoms with E-state index in [-0.39, 0.29) is 0 Å². The summed E-state index contributed by atoms with van der Waals surface area (Å²) in [7, 11) is 3.23. The molecule has 0 aliphatic carbocycles. The minimum Gasteiger partial charge on any atom is -0.493 e. The van der Waals surface area contributed by atoms with Crippen molar-refractivity contribution < 1.29 is 14.6 Å². The number of ether oxygens (including phenoxy) is 2. The first-order valence-electron chi connectivity index (χ1n) is 10.3. The summed E-state index contributed by atoms with van der Waals surface area (Å²) < 4.78 is 10.6. The third-order valence-corrected chi connectivity index (χ3v) is 5.53. The highest BCUT2D eigenvalue weighted by Gasteiger charge is 2.18. The minimum atomic E-state index is 0.299. The van der Waals surface area contributed by atoms with Crippen LogP contribution in [-0.4, -0.2) is 45.0 Å². The maximum atomic E-state index is 9.28. The van der Waals surface area contributed by atoms with Crippen molar-refractivity contribution in [2.24, 2.45) is 16.6 Å². The smallest absolute Gasteiger partial charge is 0.189 e. The Bertz CT molecular complexity index is 831. The van der Waals surface area contributed by atoms with E-state index in [2.05, 4.69) is 39.5 Å². The molecular formula is C23H32N4O3. The van der Waals surface area contributed by atoms with Gasteiger partial charge in [-0.15, -0.1) is 0 Å². The average Bonchev–Trinajstić information content (AvgIpc) is 2.81. The van der Waals surface area contributed by atoms with Gasteiger partial charge in [0.25, 0.3) is 0 Å². The van der Waals surface area contributed by atoms with Crippen molar-refractivity contribution in [3.05, 3.63) is 53.6 Å². The Morgan fingerprint density at radius 1 is 1.07 bits per heavy atom. The molecule has 0 radical (unpaired) electrons. The summed E-state index contributed by atoms with van der Waals surface area (Å²) in [5.41, 5.74) is 9.39. The van der Waals surface area contributed by atoms with E-state index in [1.165, 1.54) is 5.69 Å². The van der Waals surface area contributed by atoms with Crippen LogP contribution in [0, 0.1) is 5.92 Å². The zero-order valence-corrected chi connectivity index (χ0v) is 17.8. The number of hydrogen-bond acceptors (Lipinski definition) is 5. The van der Waals surface area contributed by atoms with Gasteiger partial charge in [-0.25, -0.2) is 4.99 Å². The molecule has 162 valence electrons. The fourth-order valence-corrected chi connectivity index (χ4v) is 3.60. The van der Waals surface area contributed by atoms with Crippen LogP contribution in [0.5, 0.6) is 11.5 Å². The maximum Gasteiger partial charge on any atom is 0.189 e. The van der Waals surface area contributed by atoms with Crippen molar-refractivity contribution in [2.45, 2.75) is 25.9 Å². The molecule has 0 amide bonds. The summed E-state index contributed by atoms with van der Waals surface area (Å²) in [6.45, 7) is 3.38. The van der Waals surface area contributed by atoms with E-state index >= 15 is 0 Å². The maximum absolute atomic E-state index is 9.28. The van der Waals surface area contributed by atoms with Crippen molar-refractivity contribution in [1.29, 1.82) is 0 Å². The van der Waals surface area contributed by atoms with Crippen molar-refractivity contribution in [2.75, 3.05) is 38.8 Å². The van der Waals surface area contributed by atoms with Crippen LogP contribution in [0.2, 0.25) is 0 Å². The molecule has 0 saturated carbocycles. The SMILES string of the molecule is COc1ccc(CN=C(N)NCc2ccc(N3CCC(CO)CC3)cc2)cc1OC. The van der Waals surface area contributed by atoms with Crippen LogP contribution in [0.4, 0.5) is 5.69 Å². The molecule has 2 aromatic rings. The Morgan fingerprint density at radius 2 is 1.73 bits per heavy atom. The van der Waals surface area contributed by atoms with Crippen molar-refractivity contribution in [3.8, 4) is 11.5 Å². The molecular weight excluding hydrogens is 380 g/mol. The molecule has 0 unspecified atom stereocenters. The first kappa shape index (κ1) is 21.8. The van der Waals surface area contributed by atoms with Gasteiger partial charge in [0.15, 0.2) is 17.5 Å². The van der Waals surface area contributed by atoms with Gasteiger partial charge in [-0.05, 0) is 54.2 Å². The van der Waals surface area contributed by atoms with Crippen LogP contribution < -0.4 is 25.4 Å². The molecule has 1 aliphatic heterocycles. The number of nitrogens with one attached hydrogen (secondary N) is 1. The van der Waals surface area contributed by atoms with E-state index in [0.717, 1.165) is 37.1 Å². The number of nitrogens with zero attached hydrogens (tertiary/aromatic N) is 2. The third-order valence-electron chi connectivity index (χ3n) is 5.53. The molecule has 4 N–H and O–H groups in total. The van der Waals surface area contributed by atoms with E-state index in [4.69, 9.17) is 15.2 Å². The van der Waals surface area contributed by atoms with E-state index in [9.17, 15) is 5.11 Å². The average molecular weight is 413 g/mol. The molecule has 30 heavy (non-hydrogen) atoms. The molecule has 2 aromatic carbocycles. The lowest BCUT2D eigenvalue weighted by Crippen LogP contribution is -2.34. The van der Waals surface area contributed by atoms with Crippen molar-refractivity contribution >= 4 is 11.6 Å². The Kier molecular flexibility index (Phi) is 7.79. The van der Waals surface area contributed by atoms with Crippen molar-refractivity contribution in [3.63, 3.8) is 0 Å². The summed E-state index contributed by atoms with van der Waals surface area (Å²) in [4.78, 5) is 6.78. The van der Waals surface area contributed by atoms with Crippen LogP contribution in [-0.2, 0) is 13.1 Å². The van der Waals surface area contributed by atoms with Crippen LogP contribution in [0.1, 0.15) is 24.0 Å². The number of benzene rings is 2. The van der Waals surface area contributed by atoms with Gasteiger partial charge in [0.1, 0.15) is 0 Å². The van der Waals surface area contributed by atoms with Gasteiger partial charge in [0.2, 0.25) is 0 Å². The molecule has 7 heteroatoms. The zero-order chi connectivity index (χ0) is 21.3. The Hall–Kier alpha value is -2.93. The third kappa shape index (κ3) is 5.79. The molecule has 0 atom stereocenters. The van der Waals surface area contributed by atoms with Crippen LogP contribution >= 0.6 is 0 Å². The van der Waals surface area contributed by atoms with Crippen LogP contribution in [0.15, 0.2) is 47.5 Å². The second-order valence-electron chi connectivity index (χ2n) is 7.52. The zero-order valence-electron chi connectivity index (χ0n) is 17.8. The highest BCUT2D eigenvalue weighted by Crippen LogP contribution is 2.27. The van der Waals surface area contributed by atoms with E-state index in [0.29, 0.717) is 43.1 Å². The van der Waals surface area contributed by atoms with Crippen molar-refractivity contribution in [1.82, 2.24) is 5.32 Å². The summed E-state index contributed by atoms with van der Waals surface area (Å²) >= 11 is 0. The standard InChI is InChI=1S/C23H32N4O3/c1-29-21-8-5-19(13-22(21)30-2)15-26-23(24)25-14-17-3-6-20(7-4-17)27-11-9-18(16-28)10-12-27/h3-8,13,18,28H,9-12,14-16H2,1-2H3,(H3,24,25,26). The topological polar surface area (TPSA) is 92.3 Å². The molecule has 0 spiro atoms. The number of piperidine rings is 1. The molecule has 0 bridgehead atoms. The number of aliphatic hydroxyl groups excluding tert-OH is 1. The second kappa shape index (κ2) is 10.7. The second-order valence-corrected chi connectivity index (χ2v) is 7.52. The monoisotopic (exact) mass is 412 g/mol. The predicted octanol–water partition coefficient (Wildman–Crippen LogP) is 2.52. The van der Waals surface area contributed by atoms with E-state index < -0.39 is 0 Å². The normalized spacial score (nSPS) is 15.2. The van der Waals surface area contributed by atoms with Gasteiger partial charge in [-0.1, -0.05) is 18.2 Å². The Balaban J connectivity index is 1.49. The summed E-state index contributed by atoms with van der Waals surface area (Å²) in [5.74, 6) is 2.22. The first-order chi connectivity index (χ1) is 14.6. The number of aliphatic hydroxyl groups is 1. The van der Waals surface area contributed by atoms with Gasteiger partial charge < -0.3 is 30.5 Å². The quantitative estimate of drug-likeness (QED) is 0.456. The molecule has 1 heterocycles.